The average molecular weight is 557 g/mol. The number of hydrogen-bond acceptors (Lipinski definition) is 4. The Bertz CT molecular complexity index is 1260. The maximum absolute atomic E-state index is 11.7. The molecule has 190 valence electrons. The SMILES string of the molecule is CC.COC(=O)c1ccc2ccccc2c1.O=C(O)c1ccc2ccccc2c1.O=CC(F)CCBr. The third kappa shape index (κ3) is 9.96. The number of hydrogen-bond donors (Lipinski definition) is 1. The maximum atomic E-state index is 11.7. The number of aromatic carboxylic acids is 1. The van der Waals surface area contributed by atoms with E-state index in [1.165, 1.54) is 7.11 Å². The number of aldehydes is 1. The van der Waals surface area contributed by atoms with Crippen molar-refractivity contribution < 1.29 is 28.6 Å². The molecule has 4 aromatic carbocycles. The van der Waals surface area contributed by atoms with E-state index >= 15 is 0 Å². The second kappa shape index (κ2) is 16.9. The number of halogens is 2. The smallest absolute Gasteiger partial charge is 0.337 e. The van der Waals surface area contributed by atoms with Gasteiger partial charge in [-0.05, 0) is 52.2 Å². The first-order valence-electron chi connectivity index (χ1n) is 11.3. The van der Waals surface area contributed by atoms with Gasteiger partial charge >= 0.3 is 11.9 Å². The summed E-state index contributed by atoms with van der Waals surface area (Å²) in [7, 11) is 1.39. The van der Waals surface area contributed by atoms with Gasteiger partial charge in [0, 0.05) is 5.33 Å². The van der Waals surface area contributed by atoms with Crippen LogP contribution in [0.5, 0.6) is 0 Å². The van der Waals surface area contributed by atoms with Gasteiger partial charge in [0.05, 0.1) is 18.2 Å². The topological polar surface area (TPSA) is 80.7 Å². The van der Waals surface area contributed by atoms with Crippen LogP contribution in [0.2, 0.25) is 0 Å². The van der Waals surface area contributed by atoms with Crippen molar-refractivity contribution in [2.75, 3.05) is 12.4 Å². The molecule has 0 aromatic heterocycles. The summed E-state index contributed by atoms with van der Waals surface area (Å²) in [5, 5.41) is 13.5. The summed E-state index contributed by atoms with van der Waals surface area (Å²) in [5.41, 5.74) is 0.921. The van der Waals surface area contributed by atoms with Crippen LogP contribution < -0.4 is 0 Å². The number of alkyl halides is 2. The molecule has 0 aliphatic rings. The van der Waals surface area contributed by atoms with Crippen molar-refractivity contribution >= 4 is 55.7 Å². The van der Waals surface area contributed by atoms with Crippen molar-refractivity contribution in [2.45, 2.75) is 26.4 Å². The van der Waals surface area contributed by atoms with Gasteiger partial charge in [-0.2, -0.15) is 0 Å². The Balaban J connectivity index is 0.000000275. The van der Waals surface area contributed by atoms with Crippen molar-refractivity contribution in [1.82, 2.24) is 0 Å². The highest BCUT2D eigenvalue weighted by Gasteiger charge is 2.05. The highest BCUT2D eigenvalue weighted by atomic mass is 79.9. The van der Waals surface area contributed by atoms with Gasteiger partial charge in [-0.25, -0.2) is 14.0 Å². The minimum absolute atomic E-state index is 0.281. The molecule has 0 bridgehead atoms. The van der Waals surface area contributed by atoms with Gasteiger partial charge in [-0.1, -0.05) is 90.4 Å². The predicted molar refractivity (Wildman–Crippen MR) is 147 cm³/mol. The van der Waals surface area contributed by atoms with Gasteiger partial charge in [0.2, 0.25) is 0 Å². The molecule has 36 heavy (non-hydrogen) atoms. The van der Waals surface area contributed by atoms with E-state index in [0.717, 1.165) is 21.5 Å². The number of carboxylic acids is 1. The lowest BCUT2D eigenvalue weighted by Crippen LogP contribution is -2.00. The minimum atomic E-state index is -1.28. The number of fused-ring (bicyclic) bond motifs is 2. The second-order valence-corrected chi connectivity index (χ2v) is 7.84. The molecule has 0 aliphatic carbocycles. The second-order valence-electron chi connectivity index (χ2n) is 7.05. The zero-order chi connectivity index (χ0) is 26.9. The van der Waals surface area contributed by atoms with Crippen LogP contribution in [-0.4, -0.2) is 41.9 Å². The van der Waals surface area contributed by atoms with E-state index in [9.17, 15) is 18.8 Å². The quantitative estimate of drug-likeness (QED) is 0.156. The van der Waals surface area contributed by atoms with Crippen LogP contribution in [0.15, 0.2) is 84.9 Å². The number of carbonyl (C=O) groups is 3. The molecular weight excluding hydrogens is 527 g/mol. The maximum Gasteiger partial charge on any atom is 0.337 e. The third-order valence-electron chi connectivity index (χ3n) is 4.70. The fourth-order valence-corrected chi connectivity index (χ4v) is 3.37. The molecule has 4 aromatic rings. The lowest BCUT2D eigenvalue weighted by molar-refractivity contribution is -0.111. The number of benzene rings is 4. The Hall–Kier alpha value is -3.58. The van der Waals surface area contributed by atoms with Gasteiger partial charge in [-0.15, -0.1) is 0 Å². The number of methoxy groups -OCH3 is 1. The molecule has 0 heterocycles. The Morgan fingerprint density at radius 1 is 0.861 bits per heavy atom. The summed E-state index contributed by atoms with van der Waals surface area (Å²) in [6.45, 7) is 4.00. The Kier molecular flexibility index (Phi) is 14.3. The van der Waals surface area contributed by atoms with E-state index in [0.29, 0.717) is 22.7 Å². The summed E-state index contributed by atoms with van der Waals surface area (Å²) in [6.07, 6.45) is -0.690. The Labute approximate surface area is 219 Å². The van der Waals surface area contributed by atoms with Gasteiger partial charge in [0.25, 0.3) is 0 Å². The molecule has 1 atom stereocenters. The predicted octanol–water partition coefficient (Wildman–Crippen LogP) is 7.50. The van der Waals surface area contributed by atoms with Gasteiger partial charge in [-0.3, -0.25) is 0 Å². The molecule has 0 saturated carbocycles. The fourth-order valence-electron chi connectivity index (χ4n) is 2.93. The van der Waals surface area contributed by atoms with E-state index in [2.05, 4.69) is 20.7 Å². The summed E-state index contributed by atoms with van der Waals surface area (Å²) in [4.78, 5) is 31.4. The van der Waals surface area contributed by atoms with E-state index in [-0.39, 0.29) is 12.4 Å². The number of ether oxygens (including phenoxy) is 1. The largest absolute Gasteiger partial charge is 0.478 e. The summed E-state index contributed by atoms with van der Waals surface area (Å²) in [6, 6.07) is 26.2. The molecule has 4 rings (SSSR count). The van der Waals surface area contributed by atoms with Crippen LogP contribution >= 0.6 is 15.9 Å². The molecule has 0 fully saturated rings. The molecule has 0 saturated heterocycles. The van der Waals surface area contributed by atoms with E-state index in [1.807, 2.05) is 80.6 Å². The summed E-state index contributed by atoms with van der Waals surface area (Å²) >= 11 is 2.99. The van der Waals surface area contributed by atoms with Crippen molar-refractivity contribution in [3.05, 3.63) is 96.1 Å². The van der Waals surface area contributed by atoms with Crippen LogP contribution in [0, 0.1) is 0 Å². The Morgan fingerprint density at radius 2 is 1.31 bits per heavy atom. The Morgan fingerprint density at radius 3 is 1.69 bits per heavy atom. The van der Waals surface area contributed by atoms with Crippen molar-refractivity contribution in [3.8, 4) is 0 Å². The number of esters is 1. The summed E-state index contributed by atoms with van der Waals surface area (Å²) < 4.78 is 16.4. The highest BCUT2D eigenvalue weighted by molar-refractivity contribution is 9.09. The minimum Gasteiger partial charge on any atom is -0.478 e. The van der Waals surface area contributed by atoms with E-state index < -0.39 is 12.1 Å². The first kappa shape index (κ1) is 30.5. The van der Waals surface area contributed by atoms with Gasteiger partial charge in [0.1, 0.15) is 0 Å². The molecule has 5 nitrogen and oxygen atoms in total. The van der Waals surface area contributed by atoms with Crippen LogP contribution in [-0.2, 0) is 9.53 Å². The molecule has 7 heteroatoms. The molecule has 0 amide bonds. The third-order valence-corrected chi connectivity index (χ3v) is 5.16. The standard InChI is InChI=1S/C12H10O2.C11H8O2.C4H6BrFO.C2H6/c1-14-12(13)11-7-6-9-4-2-3-5-10(9)8-11;12-11(13)10-6-5-8-3-1-2-4-9(8)7-10;5-2-1-4(6)3-7;1-2/h2-8H,1H3;1-7H,(H,12,13);3-4H,1-2H2;1-2H3. The molecule has 0 radical (unpaired) electrons. The number of carboxylic acid groups (broad SMARTS) is 1. The van der Waals surface area contributed by atoms with Crippen molar-refractivity contribution in [2.24, 2.45) is 0 Å². The van der Waals surface area contributed by atoms with Crippen LogP contribution in [0.25, 0.3) is 21.5 Å². The van der Waals surface area contributed by atoms with E-state index in [1.54, 1.807) is 18.2 Å². The monoisotopic (exact) mass is 556 g/mol. The zero-order valence-electron chi connectivity index (χ0n) is 20.5. The first-order chi connectivity index (χ1) is 17.4. The first-order valence-corrected chi connectivity index (χ1v) is 12.5. The molecule has 0 aliphatic heterocycles. The lowest BCUT2D eigenvalue weighted by atomic mass is 10.1. The normalized spacial score (nSPS) is 10.4. The average Bonchev–Trinajstić information content (AvgIpc) is 2.93. The molecule has 1 N–H and O–H groups in total. The molecule has 1 unspecified atom stereocenters. The van der Waals surface area contributed by atoms with Gasteiger partial charge in [0.15, 0.2) is 12.5 Å². The lowest BCUT2D eigenvalue weighted by Gasteiger charge is -2.01. The van der Waals surface area contributed by atoms with Crippen LogP contribution in [0.4, 0.5) is 4.39 Å². The number of carbonyl (C=O) groups excluding carboxylic acids is 2. The van der Waals surface area contributed by atoms with Crippen molar-refractivity contribution in [1.29, 1.82) is 0 Å². The van der Waals surface area contributed by atoms with Crippen LogP contribution in [0.3, 0.4) is 0 Å². The van der Waals surface area contributed by atoms with Crippen LogP contribution in [0.1, 0.15) is 41.0 Å². The highest BCUT2D eigenvalue weighted by Crippen LogP contribution is 2.16. The number of rotatable bonds is 5. The fraction of sp³-hybridized carbons (Fsp3) is 0.207. The molecular formula is C29H30BrFO5. The molecule has 0 spiro atoms. The van der Waals surface area contributed by atoms with Gasteiger partial charge < -0.3 is 14.6 Å². The van der Waals surface area contributed by atoms with Crippen molar-refractivity contribution in [3.63, 3.8) is 0 Å². The zero-order valence-corrected chi connectivity index (χ0v) is 22.1. The van der Waals surface area contributed by atoms with E-state index in [4.69, 9.17) is 5.11 Å². The summed E-state index contributed by atoms with van der Waals surface area (Å²) in [5.74, 6) is -1.18.